The van der Waals surface area contributed by atoms with Crippen molar-refractivity contribution in [2.75, 3.05) is 18.4 Å². The largest absolute Gasteiger partial charge is 0.326 e. The number of nitrogens with zero attached hydrogens (tertiary/aromatic N) is 3. The van der Waals surface area contributed by atoms with Crippen LogP contribution in [0.15, 0.2) is 78.5 Å². The smallest absolute Gasteiger partial charge is 0.236 e. The number of anilines is 1. The van der Waals surface area contributed by atoms with E-state index in [9.17, 15) is 13.2 Å². The van der Waals surface area contributed by atoms with Gasteiger partial charge in [-0.15, -0.1) is 0 Å². The molecule has 1 amide bonds. The molecule has 0 bridgehead atoms. The van der Waals surface area contributed by atoms with Gasteiger partial charge in [-0.25, -0.2) is 8.42 Å². The molecule has 3 aromatic rings. The summed E-state index contributed by atoms with van der Waals surface area (Å²) in [5, 5.41) is 8.50. The number of rotatable bonds is 7. The Kier molecular flexibility index (Phi) is 6.82. The van der Waals surface area contributed by atoms with E-state index in [4.69, 9.17) is 0 Å². The van der Waals surface area contributed by atoms with E-state index < -0.39 is 10.0 Å². The van der Waals surface area contributed by atoms with Gasteiger partial charge in [0.15, 0.2) is 0 Å². The van der Waals surface area contributed by atoms with Crippen LogP contribution in [0.2, 0.25) is 0 Å². The van der Waals surface area contributed by atoms with Crippen LogP contribution < -0.4 is 5.32 Å². The number of nitrogens with one attached hydrogen (secondary N) is 1. The normalized spacial score (nSPS) is 15.8. The lowest BCUT2D eigenvalue weighted by molar-refractivity contribution is -0.120. The van der Waals surface area contributed by atoms with Crippen LogP contribution in [0.3, 0.4) is 0 Å². The Labute approximate surface area is 188 Å². The number of aromatic nitrogens is 2. The molecule has 0 aliphatic carbocycles. The molecule has 0 radical (unpaired) electrons. The standard InChI is InChI=1S/C24H26N4O3S/c29-24(26-23-10-5-4-9-22(23)19-27-15-6-14-25-27)21-11-16-28(17-12-21)32(30,31)18-13-20-7-2-1-3-8-20/h1-10,13-15,18,21H,11-12,16-17,19H2,(H,26,29)/b18-13+. The molecule has 2 heterocycles. The predicted octanol–water partition coefficient (Wildman–Crippen LogP) is 3.58. The summed E-state index contributed by atoms with van der Waals surface area (Å²) in [5.41, 5.74) is 2.56. The third kappa shape index (κ3) is 5.52. The zero-order valence-electron chi connectivity index (χ0n) is 17.7. The van der Waals surface area contributed by atoms with Crippen molar-refractivity contribution < 1.29 is 13.2 Å². The molecule has 4 rings (SSSR count). The Bertz CT molecular complexity index is 1170. The number of piperidine rings is 1. The second-order valence-corrected chi connectivity index (χ2v) is 9.60. The average Bonchev–Trinajstić information content (AvgIpc) is 3.33. The van der Waals surface area contributed by atoms with Gasteiger partial charge in [-0.3, -0.25) is 9.48 Å². The molecule has 1 fully saturated rings. The third-order valence-electron chi connectivity index (χ3n) is 5.58. The molecule has 1 N–H and O–H groups in total. The highest BCUT2D eigenvalue weighted by molar-refractivity contribution is 7.92. The van der Waals surface area contributed by atoms with Gasteiger partial charge >= 0.3 is 0 Å². The van der Waals surface area contributed by atoms with Gasteiger partial charge in [0.1, 0.15) is 0 Å². The third-order valence-corrected chi connectivity index (χ3v) is 7.15. The summed E-state index contributed by atoms with van der Waals surface area (Å²) in [7, 11) is -3.51. The minimum atomic E-state index is -3.51. The highest BCUT2D eigenvalue weighted by Crippen LogP contribution is 2.24. The molecule has 1 aromatic heterocycles. The summed E-state index contributed by atoms with van der Waals surface area (Å²) in [5.74, 6) is -0.299. The van der Waals surface area contributed by atoms with Crippen LogP contribution in [-0.2, 0) is 21.4 Å². The number of carbonyl (C=O) groups excluding carboxylic acids is 1. The van der Waals surface area contributed by atoms with E-state index in [-0.39, 0.29) is 11.8 Å². The first-order valence-corrected chi connectivity index (χ1v) is 12.1. The van der Waals surface area contributed by atoms with Crippen LogP contribution in [0.5, 0.6) is 0 Å². The highest BCUT2D eigenvalue weighted by atomic mass is 32.2. The van der Waals surface area contributed by atoms with E-state index in [1.165, 1.54) is 9.71 Å². The first-order chi connectivity index (χ1) is 15.5. The zero-order valence-corrected chi connectivity index (χ0v) is 18.5. The van der Waals surface area contributed by atoms with Gasteiger partial charge in [-0.2, -0.15) is 9.40 Å². The zero-order chi connectivity index (χ0) is 22.4. The minimum absolute atomic E-state index is 0.0743. The Morgan fingerprint density at radius 1 is 1.03 bits per heavy atom. The Balaban J connectivity index is 1.35. The maximum atomic E-state index is 12.9. The lowest BCUT2D eigenvalue weighted by atomic mass is 9.97. The van der Waals surface area contributed by atoms with Crippen molar-refractivity contribution >= 4 is 27.7 Å². The SMILES string of the molecule is O=C(Nc1ccccc1Cn1cccn1)C1CCN(S(=O)(=O)/C=C/c2ccccc2)CC1. The summed E-state index contributed by atoms with van der Waals surface area (Å²) in [6.45, 7) is 1.22. The first kappa shape index (κ1) is 22.0. The van der Waals surface area contributed by atoms with Gasteiger partial charge in [-0.05, 0) is 42.2 Å². The second-order valence-electron chi connectivity index (χ2n) is 7.78. The van der Waals surface area contributed by atoms with Gasteiger partial charge < -0.3 is 5.32 Å². The molecule has 0 spiro atoms. The molecule has 1 saturated heterocycles. The number of sulfonamides is 1. The summed E-state index contributed by atoms with van der Waals surface area (Å²) in [6, 6.07) is 18.8. The van der Waals surface area contributed by atoms with Crippen molar-refractivity contribution in [1.29, 1.82) is 0 Å². The molecular weight excluding hydrogens is 424 g/mol. The summed E-state index contributed by atoms with van der Waals surface area (Å²) < 4.78 is 28.6. The lowest BCUT2D eigenvalue weighted by Crippen LogP contribution is -2.40. The fourth-order valence-corrected chi connectivity index (χ4v) is 4.99. The van der Waals surface area contributed by atoms with Crippen LogP contribution in [0.25, 0.3) is 6.08 Å². The van der Waals surface area contributed by atoms with E-state index in [1.54, 1.807) is 17.0 Å². The van der Waals surface area contributed by atoms with Crippen molar-refractivity contribution in [2.24, 2.45) is 5.92 Å². The van der Waals surface area contributed by atoms with Crippen LogP contribution >= 0.6 is 0 Å². The van der Waals surface area contributed by atoms with E-state index >= 15 is 0 Å². The molecule has 8 heteroatoms. The predicted molar refractivity (Wildman–Crippen MR) is 125 cm³/mol. The molecule has 0 saturated carbocycles. The lowest BCUT2D eigenvalue weighted by Gasteiger charge is -2.29. The first-order valence-electron chi connectivity index (χ1n) is 10.6. The van der Waals surface area contributed by atoms with Crippen LogP contribution in [0.1, 0.15) is 24.0 Å². The number of amides is 1. The maximum absolute atomic E-state index is 12.9. The molecular formula is C24H26N4O3S. The van der Waals surface area contributed by atoms with E-state index in [2.05, 4.69) is 10.4 Å². The van der Waals surface area contributed by atoms with Crippen LogP contribution in [0, 0.1) is 5.92 Å². The quantitative estimate of drug-likeness (QED) is 0.596. The molecule has 1 aliphatic rings. The molecule has 7 nitrogen and oxygen atoms in total. The van der Waals surface area contributed by atoms with Crippen LogP contribution in [0.4, 0.5) is 5.69 Å². The van der Waals surface area contributed by atoms with E-state index in [0.29, 0.717) is 32.5 Å². The van der Waals surface area contributed by atoms with Gasteiger partial charge in [0.2, 0.25) is 15.9 Å². The topological polar surface area (TPSA) is 84.3 Å². The van der Waals surface area contributed by atoms with Crippen molar-refractivity contribution in [2.45, 2.75) is 19.4 Å². The Hall–Kier alpha value is -3.23. The number of para-hydroxylation sites is 1. The number of carbonyl (C=O) groups is 1. The van der Waals surface area contributed by atoms with Crippen molar-refractivity contribution in [3.8, 4) is 0 Å². The second kappa shape index (κ2) is 9.93. The summed E-state index contributed by atoms with van der Waals surface area (Å²) in [6.07, 6.45) is 6.18. The fraction of sp³-hybridized carbons (Fsp3) is 0.250. The molecule has 0 atom stereocenters. The number of hydrogen-bond acceptors (Lipinski definition) is 4. The van der Waals surface area contributed by atoms with Gasteiger partial charge in [-0.1, -0.05) is 48.5 Å². The monoisotopic (exact) mass is 450 g/mol. The Morgan fingerprint density at radius 3 is 2.47 bits per heavy atom. The maximum Gasteiger partial charge on any atom is 0.236 e. The van der Waals surface area contributed by atoms with Gasteiger partial charge in [0, 0.05) is 42.5 Å². The number of benzene rings is 2. The fourth-order valence-electron chi connectivity index (χ4n) is 3.77. The van der Waals surface area contributed by atoms with Gasteiger partial charge in [0.25, 0.3) is 0 Å². The molecule has 2 aromatic carbocycles. The van der Waals surface area contributed by atoms with Crippen molar-refractivity contribution in [3.63, 3.8) is 0 Å². The van der Waals surface area contributed by atoms with E-state index in [0.717, 1.165) is 16.8 Å². The summed E-state index contributed by atoms with van der Waals surface area (Å²) >= 11 is 0. The van der Waals surface area contributed by atoms with Crippen molar-refractivity contribution in [3.05, 3.63) is 89.6 Å². The average molecular weight is 451 g/mol. The molecule has 1 aliphatic heterocycles. The highest BCUT2D eigenvalue weighted by Gasteiger charge is 2.30. The van der Waals surface area contributed by atoms with Crippen LogP contribution in [-0.4, -0.2) is 41.5 Å². The number of hydrogen-bond donors (Lipinski definition) is 1. The Morgan fingerprint density at radius 2 is 1.75 bits per heavy atom. The van der Waals surface area contributed by atoms with Crippen molar-refractivity contribution in [1.82, 2.24) is 14.1 Å². The summed E-state index contributed by atoms with van der Waals surface area (Å²) in [4.78, 5) is 12.9. The van der Waals surface area contributed by atoms with Gasteiger partial charge in [0.05, 0.1) is 6.54 Å². The minimum Gasteiger partial charge on any atom is -0.326 e. The molecule has 0 unspecified atom stereocenters. The van der Waals surface area contributed by atoms with E-state index in [1.807, 2.05) is 66.9 Å². The molecule has 166 valence electrons. The molecule has 32 heavy (non-hydrogen) atoms.